The summed E-state index contributed by atoms with van der Waals surface area (Å²) in [6.45, 7) is 1.27. The van der Waals surface area contributed by atoms with Gasteiger partial charge in [-0.15, -0.1) is 0 Å². The van der Waals surface area contributed by atoms with Crippen molar-refractivity contribution < 1.29 is 4.39 Å². The van der Waals surface area contributed by atoms with Crippen molar-refractivity contribution in [1.82, 2.24) is 4.57 Å². The number of halogens is 2. The predicted molar refractivity (Wildman–Crippen MR) is 87.9 cm³/mol. The average Bonchev–Trinajstić information content (AvgIpc) is 2.87. The van der Waals surface area contributed by atoms with E-state index in [0.717, 1.165) is 17.5 Å². The fourth-order valence-corrected chi connectivity index (χ4v) is 2.93. The van der Waals surface area contributed by atoms with E-state index < -0.39 is 0 Å². The van der Waals surface area contributed by atoms with Crippen molar-refractivity contribution in [2.45, 2.75) is 13.0 Å². The molecule has 2 nitrogen and oxygen atoms in total. The summed E-state index contributed by atoms with van der Waals surface area (Å²) in [7, 11) is 0. The summed E-state index contributed by atoms with van der Waals surface area (Å²) in [6.07, 6.45) is 2.90. The number of hydrogen-bond acceptors (Lipinski definition) is 1. The van der Waals surface area contributed by atoms with Gasteiger partial charge in [0, 0.05) is 18.3 Å². The standard InChI is InChI=1S/C17H16BrFN2/c18-17-14(2-1-3-15(17)19)11-21-9-7-13-5-4-12(6-8-20)10-16(13)21/h1-5,7,9-10H,6,8,11,20H2. The third kappa shape index (κ3) is 2.87. The van der Waals surface area contributed by atoms with Crippen LogP contribution in [0.1, 0.15) is 11.1 Å². The van der Waals surface area contributed by atoms with E-state index >= 15 is 0 Å². The Bertz CT molecular complexity index is 780. The van der Waals surface area contributed by atoms with Crippen LogP contribution in [-0.4, -0.2) is 11.1 Å². The summed E-state index contributed by atoms with van der Waals surface area (Å²) < 4.78 is 16.3. The minimum absolute atomic E-state index is 0.229. The van der Waals surface area contributed by atoms with E-state index in [-0.39, 0.29) is 5.82 Å². The second-order valence-electron chi connectivity index (χ2n) is 5.09. The Balaban J connectivity index is 2.00. The molecule has 0 amide bonds. The predicted octanol–water partition coefficient (Wildman–Crippen LogP) is 4.09. The Kier molecular flexibility index (Phi) is 4.08. The molecule has 2 N–H and O–H groups in total. The molecular formula is C17H16BrFN2. The summed E-state index contributed by atoms with van der Waals surface area (Å²) in [5.74, 6) is -0.229. The van der Waals surface area contributed by atoms with Crippen molar-refractivity contribution in [2.24, 2.45) is 5.73 Å². The van der Waals surface area contributed by atoms with E-state index in [4.69, 9.17) is 5.73 Å². The third-order valence-corrected chi connectivity index (χ3v) is 4.53. The number of nitrogens with two attached hydrogens (primary N) is 1. The molecule has 0 saturated heterocycles. The van der Waals surface area contributed by atoms with E-state index in [1.54, 1.807) is 6.07 Å². The van der Waals surface area contributed by atoms with Crippen molar-refractivity contribution in [3.8, 4) is 0 Å². The lowest BCUT2D eigenvalue weighted by molar-refractivity contribution is 0.616. The van der Waals surface area contributed by atoms with Gasteiger partial charge in [0.2, 0.25) is 0 Å². The van der Waals surface area contributed by atoms with Crippen LogP contribution < -0.4 is 5.73 Å². The highest BCUT2D eigenvalue weighted by atomic mass is 79.9. The fourth-order valence-electron chi connectivity index (χ4n) is 2.54. The van der Waals surface area contributed by atoms with Gasteiger partial charge < -0.3 is 10.3 Å². The number of rotatable bonds is 4. The van der Waals surface area contributed by atoms with Gasteiger partial charge in [0.25, 0.3) is 0 Å². The van der Waals surface area contributed by atoms with Crippen LogP contribution in [0.4, 0.5) is 4.39 Å². The van der Waals surface area contributed by atoms with Crippen molar-refractivity contribution in [2.75, 3.05) is 6.54 Å². The molecule has 1 aromatic heterocycles. The Hall–Kier alpha value is -1.65. The van der Waals surface area contributed by atoms with Gasteiger partial charge in [0.1, 0.15) is 5.82 Å². The summed E-state index contributed by atoms with van der Waals surface area (Å²) in [4.78, 5) is 0. The van der Waals surface area contributed by atoms with E-state index in [0.29, 0.717) is 17.6 Å². The Morgan fingerprint density at radius 2 is 2.00 bits per heavy atom. The number of benzene rings is 2. The zero-order valence-electron chi connectivity index (χ0n) is 11.5. The third-order valence-electron chi connectivity index (χ3n) is 3.64. The lowest BCUT2D eigenvalue weighted by atomic mass is 10.1. The van der Waals surface area contributed by atoms with Crippen LogP contribution in [-0.2, 0) is 13.0 Å². The molecule has 0 saturated carbocycles. The van der Waals surface area contributed by atoms with Gasteiger partial charge in [-0.25, -0.2) is 4.39 Å². The van der Waals surface area contributed by atoms with Gasteiger partial charge in [-0.1, -0.05) is 24.3 Å². The molecule has 0 aliphatic heterocycles. The first kappa shape index (κ1) is 14.3. The van der Waals surface area contributed by atoms with Crippen LogP contribution in [0.3, 0.4) is 0 Å². The minimum atomic E-state index is -0.229. The SMILES string of the molecule is NCCc1ccc2ccn(Cc3cccc(F)c3Br)c2c1. The second kappa shape index (κ2) is 6.00. The van der Waals surface area contributed by atoms with E-state index in [2.05, 4.69) is 44.8 Å². The molecule has 4 heteroatoms. The summed E-state index contributed by atoms with van der Waals surface area (Å²) in [6, 6.07) is 13.6. The molecule has 0 aliphatic carbocycles. The first-order valence-electron chi connectivity index (χ1n) is 6.90. The molecule has 21 heavy (non-hydrogen) atoms. The van der Waals surface area contributed by atoms with Crippen molar-refractivity contribution in [3.05, 3.63) is 70.1 Å². The molecule has 0 fully saturated rings. The Labute approximate surface area is 131 Å². The highest BCUT2D eigenvalue weighted by Crippen LogP contribution is 2.24. The Morgan fingerprint density at radius 3 is 2.81 bits per heavy atom. The maximum absolute atomic E-state index is 13.6. The summed E-state index contributed by atoms with van der Waals surface area (Å²) >= 11 is 3.32. The van der Waals surface area contributed by atoms with E-state index in [1.807, 2.05) is 12.3 Å². The van der Waals surface area contributed by atoms with Crippen LogP contribution in [0.15, 0.2) is 53.1 Å². The molecule has 1 heterocycles. The normalized spacial score (nSPS) is 11.2. The van der Waals surface area contributed by atoms with Crippen LogP contribution in [0.25, 0.3) is 10.9 Å². The molecule has 108 valence electrons. The molecule has 0 aliphatic rings. The van der Waals surface area contributed by atoms with E-state index in [1.165, 1.54) is 17.0 Å². The zero-order valence-corrected chi connectivity index (χ0v) is 13.1. The van der Waals surface area contributed by atoms with Gasteiger partial charge in [-0.05, 0) is 63.6 Å². The molecule has 0 radical (unpaired) electrons. The maximum Gasteiger partial charge on any atom is 0.137 e. The molecule has 0 spiro atoms. The number of aromatic nitrogens is 1. The molecular weight excluding hydrogens is 331 g/mol. The summed E-state index contributed by atoms with van der Waals surface area (Å²) in [5, 5.41) is 1.18. The van der Waals surface area contributed by atoms with Gasteiger partial charge in [0.15, 0.2) is 0 Å². The second-order valence-corrected chi connectivity index (χ2v) is 5.88. The van der Waals surface area contributed by atoms with Crippen LogP contribution in [0.5, 0.6) is 0 Å². The van der Waals surface area contributed by atoms with Crippen molar-refractivity contribution in [1.29, 1.82) is 0 Å². The van der Waals surface area contributed by atoms with Crippen molar-refractivity contribution in [3.63, 3.8) is 0 Å². The Morgan fingerprint density at radius 1 is 1.14 bits per heavy atom. The highest BCUT2D eigenvalue weighted by molar-refractivity contribution is 9.10. The first-order valence-corrected chi connectivity index (χ1v) is 7.69. The highest BCUT2D eigenvalue weighted by Gasteiger charge is 2.08. The molecule has 3 aromatic rings. The van der Waals surface area contributed by atoms with Crippen LogP contribution in [0.2, 0.25) is 0 Å². The van der Waals surface area contributed by atoms with Gasteiger partial charge in [-0.3, -0.25) is 0 Å². The zero-order chi connectivity index (χ0) is 14.8. The summed E-state index contributed by atoms with van der Waals surface area (Å²) in [5.41, 5.74) is 8.93. The molecule has 0 atom stereocenters. The van der Waals surface area contributed by atoms with Gasteiger partial charge in [-0.2, -0.15) is 0 Å². The van der Waals surface area contributed by atoms with E-state index in [9.17, 15) is 4.39 Å². The largest absolute Gasteiger partial charge is 0.343 e. The molecule has 2 aromatic carbocycles. The number of nitrogens with zero attached hydrogens (tertiary/aromatic N) is 1. The van der Waals surface area contributed by atoms with Gasteiger partial charge in [0.05, 0.1) is 4.47 Å². The topological polar surface area (TPSA) is 30.9 Å². The smallest absolute Gasteiger partial charge is 0.137 e. The molecule has 3 rings (SSSR count). The molecule has 0 bridgehead atoms. The maximum atomic E-state index is 13.6. The molecule has 0 unspecified atom stereocenters. The monoisotopic (exact) mass is 346 g/mol. The lowest BCUT2D eigenvalue weighted by Gasteiger charge is -2.09. The number of hydrogen-bond donors (Lipinski definition) is 1. The van der Waals surface area contributed by atoms with Crippen LogP contribution in [0, 0.1) is 5.82 Å². The average molecular weight is 347 g/mol. The first-order chi connectivity index (χ1) is 10.2. The fraction of sp³-hybridized carbons (Fsp3) is 0.176. The quantitative estimate of drug-likeness (QED) is 0.757. The van der Waals surface area contributed by atoms with Crippen LogP contribution >= 0.6 is 15.9 Å². The number of fused-ring (bicyclic) bond motifs is 1. The van der Waals surface area contributed by atoms with Gasteiger partial charge >= 0.3 is 0 Å². The minimum Gasteiger partial charge on any atom is -0.343 e. The lowest BCUT2D eigenvalue weighted by Crippen LogP contribution is -2.03. The van der Waals surface area contributed by atoms with Crippen molar-refractivity contribution >= 4 is 26.8 Å².